The molecule has 0 atom stereocenters. The van der Waals surface area contributed by atoms with Gasteiger partial charge in [0, 0.05) is 26.7 Å². The van der Waals surface area contributed by atoms with E-state index in [1.54, 1.807) is 7.11 Å². The summed E-state index contributed by atoms with van der Waals surface area (Å²) in [5, 5.41) is 3.49. The number of benzene rings is 1. The molecule has 1 fully saturated rings. The summed E-state index contributed by atoms with van der Waals surface area (Å²) < 4.78 is 5.18. The Labute approximate surface area is 134 Å². The fraction of sp³-hybridized carbons (Fsp3) is 0.611. The van der Waals surface area contributed by atoms with Gasteiger partial charge in [-0.15, -0.1) is 0 Å². The molecule has 0 aliphatic carbocycles. The number of aliphatic imine (C=N–C) groups is 1. The van der Waals surface area contributed by atoms with Crippen LogP contribution in [0, 0.1) is 5.41 Å². The molecule has 1 heterocycles. The van der Waals surface area contributed by atoms with Crippen molar-refractivity contribution in [3.8, 4) is 5.75 Å². The molecule has 1 aliphatic heterocycles. The zero-order chi connectivity index (χ0) is 16.0. The predicted molar refractivity (Wildman–Crippen MR) is 92.6 cm³/mol. The highest BCUT2D eigenvalue weighted by Gasteiger charge is 2.30. The first-order valence-electron chi connectivity index (χ1n) is 8.12. The molecule has 1 aliphatic rings. The third-order valence-electron chi connectivity index (χ3n) is 4.27. The van der Waals surface area contributed by atoms with E-state index in [-0.39, 0.29) is 0 Å². The number of nitrogens with zero attached hydrogens (tertiary/aromatic N) is 2. The molecule has 1 aromatic carbocycles. The number of likely N-dealkylation sites (tertiary alicyclic amines) is 1. The van der Waals surface area contributed by atoms with E-state index in [0.717, 1.165) is 44.2 Å². The first-order chi connectivity index (χ1) is 10.5. The van der Waals surface area contributed by atoms with Crippen molar-refractivity contribution in [3.05, 3.63) is 29.8 Å². The number of aryl methyl sites for hydroxylation is 1. The molecular formula is C18H29N3O. The zero-order valence-electron chi connectivity index (χ0n) is 14.4. The van der Waals surface area contributed by atoms with Crippen molar-refractivity contribution in [2.45, 2.75) is 33.1 Å². The second-order valence-corrected chi connectivity index (χ2v) is 6.76. The lowest BCUT2D eigenvalue weighted by atomic mass is 9.93. The van der Waals surface area contributed by atoms with Gasteiger partial charge < -0.3 is 15.0 Å². The van der Waals surface area contributed by atoms with Crippen LogP contribution < -0.4 is 10.1 Å². The van der Waals surface area contributed by atoms with E-state index in [0.29, 0.717) is 5.41 Å². The van der Waals surface area contributed by atoms with E-state index in [4.69, 9.17) is 4.74 Å². The molecule has 0 amide bonds. The number of nitrogens with one attached hydrogen (secondary N) is 1. The van der Waals surface area contributed by atoms with Crippen molar-refractivity contribution >= 4 is 5.96 Å². The van der Waals surface area contributed by atoms with Crippen LogP contribution >= 0.6 is 0 Å². The van der Waals surface area contributed by atoms with Gasteiger partial charge >= 0.3 is 0 Å². The summed E-state index contributed by atoms with van der Waals surface area (Å²) in [6, 6.07) is 8.31. The smallest absolute Gasteiger partial charge is 0.193 e. The zero-order valence-corrected chi connectivity index (χ0v) is 14.4. The molecule has 22 heavy (non-hydrogen) atoms. The topological polar surface area (TPSA) is 36.9 Å². The molecular weight excluding hydrogens is 274 g/mol. The van der Waals surface area contributed by atoms with Crippen LogP contribution in [0.3, 0.4) is 0 Å². The molecule has 2 rings (SSSR count). The number of guanidine groups is 1. The number of hydrogen-bond acceptors (Lipinski definition) is 2. The standard InChI is InChI=1S/C18H29N3O/c1-18(2)11-13-21(14-18)17(19-3)20-12-5-6-15-7-9-16(22-4)10-8-15/h7-10H,5-6,11-14H2,1-4H3,(H,19,20). The van der Waals surface area contributed by atoms with Crippen LogP contribution in [-0.4, -0.2) is 44.7 Å². The van der Waals surface area contributed by atoms with Gasteiger partial charge in [-0.05, 0) is 42.4 Å². The van der Waals surface area contributed by atoms with Gasteiger partial charge in [0.15, 0.2) is 5.96 Å². The van der Waals surface area contributed by atoms with Gasteiger partial charge in [-0.25, -0.2) is 0 Å². The van der Waals surface area contributed by atoms with Crippen LogP contribution in [-0.2, 0) is 6.42 Å². The van der Waals surface area contributed by atoms with Crippen LogP contribution in [0.5, 0.6) is 5.75 Å². The normalized spacial score (nSPS) is 17.6. The van der Waals surface area contributed by atoms with Gasteiger partial charge in [0.1, 0.15) is 5.75 Å². The van der Waals surface area contributed by atoms with Crippen molar-refractivity contribution in [1.29, 1.82) is 0 Å². The summed E-state index contributed by atoms with van der Waals surface area (Å²) in [7, 11) is 3.57. The maximum atomic E-state index is 5.18. The Morgan fingerprint density at radius 1 is 1.32 bits per heavy atom. The van der Waals surface area contributed by atoms with Gasteiger partial charge in [-0.3, -0.25) is 4.99 Å². The summed E-state index contributed by atoms with van der Waals surface area (Å²) in [5.41, 5.74) is 1.75. The first kappa shape index (κ1) is 16.7. The molecule has 4 heteroatoms. The number of rotatable bonds is 5. The number of ether oxygens (including phenoxy) is 1. The minimum absolute atomic E-state index is 0.403. The average Bonchev–Trinajstić information content (AvgIpc) is 2.88. The molecule has 0 radical (unpaired) electrons. The van der Waals surface area contributed by atoms with Crippen LogP contribution in [0.25, 0.3) is 0 Å². The van der Waals surface area contributed by atoms with Crippen LogP contribution in [0.15, 0.2) is 29.3 Å². The molecule has 0 unspecified atom stereocenters. The highest BCUT2D eigenvalue weighted by molar-refractivity contribution is 5.80. The van der Waals surface area contributed by atoms with E-state index >= 15 is 0 Å². The van der Waals surface area contributed by atoms with Crippen molar-refractivity contribution < 1.29 is 4.74 Å². The predicted octanol–water partition coefficient (Wildman–Crippen LogP) is 2.94. The summed E-state index contributed by atoms with van der Waals surface area (Å²) in [4.78, 5) is 6.79. The summed E-state index contributed by atoms with van der Waals surface area (Å²) >= 11 is 0. The van der Waals surface area contributed by atoms with E-state index in [2.05, 4.69) is 41.2 Å². The van der Waals surface area contributed by atoms with Gasteiger partial charge in [0.05, 0.1) is 7.11 Å². The first-order valence-corrected chi connectivity index (χ1v) is 8.12. The Morgan fingerprint density at radius 3 is 2.59 bits per heavy atom. The Kier molecular flexibility index (Phi) is 5.69. The second-order valence-electron chi connectivity index (χ2n) is 6.76. The molecule has 1 saturated heterocycles. The van der Waals surface area contributed by atoms with Gasteiger partial charge in [-0.2, -0.15) is 0 Å². The summed E-state index contributed by atoms with van der Waals surface area (Å²) in [6.45, 7) is 7.79. The van der Waals surface area contributed by atoms with E-state index in [9.17, 15) is 0 Å². The number of hydrogen-bond donors (Lipinski definition) is 1. The van der Waals surface area contributed by atoms with Crippen molar-refractivity contribution in [2.24, 2.45) is 10.4 Å². The summed E-state index contributed by atoms with van der Waals surface area (Å²) in [6.07, 6.45) is 3.40. The Balaban J connectivity index is 1.73. The van der Waals surface area contributed by atoms with E-state index in [1.807, 2.05) is 19.2 Å². The minimum Gasteiger partial charge on any atom is -0.497 e. The molecule has 0 aromatic heterocycles. The van der Waals surface area contributed by atoms with E-state index in [1.165, 1.54) is 12.0 Å². The Hall–Kier alpha value is -1.71. The Morgan fingerprint density at radius 2 is 2.05 bits per heavy atom. The molecule has 0 spiro atoms. The van der Waals surface area contributed by atoms with Gasteiger partial charge in [-0.1, -0.05) is 26.0 Å². The van der Waals surface area contributed by atoms with Crippen LogP contribution in [0.2, 0.25) is 0 Å². The minimum atomic E-state index is 0.403. The van der Waals surface area contributed by atoms with Crippen molar-refractivity contribution in [1.82, 2.24) is 10.2 Å². The fourth-order valence-corrected chi connectivity index (χ4v) is 2.91. The monoisotopic (exact) mass is 303 g/mol. The molecule has 0 saturated carbocycles. The quantitative estimate of drug-likeness (QED) is 0.516. The highest BCUT2D eigenvalue weighted by atomic mass is 16.5. The lowest BCUT2D eigenvalue weighted by Crippen LogP contribution is -2.41. The maximum Gasteiger partial charge on any atom is 0.193 e. The Bertz CT molecular complexity index is 494. The molecule has 1 aromatic rings. The lowest BCUT2D eigenvalue weighted by Gasteiger charge is -2.23. The van der Waals surface area contributed by atoms with Crippen molar-refractivity contribution in [3.63, 3.8) is 0 Å². The second kappa shape index (κ2) is 7.52. The molecule has 122 valence electrons. The number of methoxy groups -OCH3 is 1. The third-order valence-corrected chi connectivity index (χ3v) is 4.27. The maximum absolute atomic E-state index is 5.18. The van der Waals surface area contributed by atoms with Crippen molar-refractivity contribution in [2.75, 3.05) is 33.8 Å². The largest absolute Gasteiger partial charge is 0.497 e. The highest BCUT2D eigenvalue weighted by Crippen LogP contribution is 2.28. The van der Waals surface area contributed by atoms with Gasteiger partial charge in [0.2, 0.25) is 0 Å². The van der Waals surface area contributed by atoms with Crippen LogP contribution in [0.1, 0.15) is 32.3 Å². The molecule has 1 N–H and O–H groups in total. The van der Waals surface area contributed by atoms with Crippen LogP contribution in [0.4, 0.5) is 0 Å². The van der Waals surface area contributed by atoms with Gasteiger partial charge in [0.25, 0.3) is 0 Å². The lowest BCUT2D eigenvalue weighted by molar-refractivity contribution is 0.370. The SMILES string of the molecule is CN=C(NCCCc1ccc(OC)cc1)N1CCC(C)(C)C1. The summed E-state index contributed by atoms with van der Waals surface area (Å²) in [5.74, 6) is 1.96. The molecule has 0 bridgehead atoms. The third kappa shape index (κ3) is 4.65. The fourth-order valence-electron chi connectivity index (χ4n) is 2.91. The van der Waals surface area contributed by atoms with E-state index < -0.39 is 0 Å². The molecule has 4 nitrogen and oxygen atoms in total. The average molecular weight is 303 g/mol.